The van der Waals surface area contributed by atoms with Crippen molar-refractivity contribution in [3.05, 3.63) is 0 Å². The zero-order valence-electron chi connectivity index (χ0n) is 5.69. The lowest BCUT2D eigenvalue weighted by atomic mass is 10.2. The van der Waals surface area contributed by atoms with Crippen molar-refractivity contribution in [2.45, 2.75) is 23.7 Å². The summed E-state index contributed by atoms with van der Waals surface area (Å²) in [5.41, 5.74) is 0. The van der Waals surface area contributed by atoms with E-state index in [9.17, 15) is 5.11 Å². The Kier molecular flexibility index (Phi) is 1.64. The molecule has 0 radical (unpaired) electrons. The highest BCUT2D eigenvalue weighted by molar-refractivity contribution is 8.01. The summed E-state index contributed by atoms with van der Waals surface area (Å²) in [5, 5.41) is 9.68. The summed E-state index contributed by atoms with van der Waals surface area (Å²) in [7, 11) is 1.56. The van der Waals surface area contributed by atoms with Crippen LogP contribution in [-0.2, 0) is 9.47 Å². The molecule has 0 saturated carbocycles. The lowest BCUT2D eigenvalue weighted by Gasteiger charge is -2.28. The first kappa shape index (κ1) is 6.91. The largest absolute Gasteiger partial charge is 0.387 e. The van der Waals surface area contributed by atoms with Crippen LogP contribution in [0.3, 0.4) is 0 Å². The molecule has 2 aliphatic heterocycles. The molecule has 3 nitrogen and oxygen atoms in total. The molecule has 0 aromatic rings. The third-order valence-electron chi connectivity index (χ3n) is 1.98. The van der Waals surface area contributed by atoms with Gasteiger partial charge in [0.1, 0.15) is 6.10 Å². The zero-order valence-corrected chi connectivity index (χ0v) is 6.50. The number of ether oxygens (including phenoxy) is 2. The number of methoxy groups -OCH3 is 1. The first-order valence-corrected chi connectivity index (χ1v) is 4.35. The van der Waals surface area contributed by atoms with Crippen LogP contribution in [0.2, 0.25) is 0 Å². The van der Waals surface area contributed by atoms with Gasteiger partial charge in [-0.1, -0.05) is 0 Å². The third kappa shape index (κ3) is 0.797. The average Bonchev–Trinajstić information content (AvgIpc) is 2.05. The van der Waals surface area contributed by atoms with E-state index in [0.29, 0.717) is 0 Å². The Balaban J connectivity index is 2.02. The molecule has 2 heterocycles. The van der Waals surface area contributed by atoms with E-state index in [-0.39, 0.29) is 17.6 Å². The summed E-state index contributed by atoms with van der Waals surface area (Å²) in [4.78, 5) is 0. The van der Waals surface area contributed by atoms with Crippen LogP contribution in [0.15, 0.2) is 0 Å². The van der Waals surface area contributed by atoms with Crippen LogP contribution >= 0.6 is 11.8 Å². The molecule has 0 amide bonds. The Hall–Kier alpha value is 0.230. The average molecular weight is 162 g/mol. The molecular formula is C6H10O3S. The molecule has 4 heteroatoms. The molecule has 58 valence electrons. The van der Waals surface area contributed by atoms with Gasteiger partial charge in [0.2, 0.25) is 0 Å². The van der Waals surface area contributed by atoms with Crippen molar-refractivity contribution in [1.82, 2.24) is 0 Å². The second-order valence-corrected chi connectivity index (χ2v) is 3.78. The Morgan fingerprint density at radius 2 is 2.50 bits per heavy atom. The summed E-state index contributed by atoms with van der Waals surface area (Å²) in [5.74, 6) is 1.00. The van der Waals surface area contributed by atoms with E-state index in [1.807, 2.05) is 0 Å². The van der Waals surface area contributed by atoms with E-state index >= 15 is 0 Å². The predicted molar refractivity (Wildman–Crippen MR) is 37.9 cm³/mol. The van der Waals surface area contributed by atoms with E-state index in [4.69, 9.17) is 9.47 Å². The molecule has 0 aromatic heterocycles. The number of aliphatic hydroxyl groups excluding tert-OH is 1. The van der Waals surface area contributed by atoms with Crippen LogP contribution in [0.25, 0.3) is 0 Å². The maximum atomic E-state index is 9.41. The van der Waals surface area contributed by atoms with Gasteiger partial charge in [-0.3, -0.25) is 0 Å². The van der Waals surface area contributed by atoms with Gasteiger partial charge in [0.15, 0.2) is 6.29 Å². The first-order chi connectivity index (χ1) is 4.83. The Labute approximate surface area is 63.7 Å². The van der Waals surface area contributed by atoms with Crippen LogP contribution in [-0.4, -0.2) is 41.7 Å². The van der Waals surface area contributed by atoms with Gasteiger partial charge in [0.05, 0.1) is 11.4 Å². The standard InChI is InChI=1S/C6H10O3S/c1-8-6-4(7)5-3(9-6)2-10-5/h3-7H,2H2,1H3/t3-,4-,5+,6?/m1/s1. The van der Waals surface area contributed by atoms with Gasteiger partial charge < -0.3 is 14.6 Å². The van der Waals surface area contributed by atoms with Crippen LogP contribution in [0.5, 0.6) is 0 Å². The predicted octanol–water partition coefficient (Wildman–Crippen LogP) is -0.166. The molecule has 2 fully saturated rings. The molecular weight excluding hydrogens is 152 g/mol. The molecule has 2 saturated heterocycles. The summed E-state index contributed by atoms with van der Waals surface area (Å²) in [6, 6.07) is 0. The molecule has 4 atom stereocenters. The summed E-state index contributed by atoms with van der Waals surface area (Å²) in [6.45, 7) is 0. The zero-order chi connectivity index (χ0) is 7.14. The van der Waals surface area contributed by atoms with Crippen LogP contribution in [0, 0.1) is 0 Å². The minimum atomic E-state index is -0.422. The maximum Gasteiger partial charge on any atom is 0.184 e. The number of thioether (sulfide) groups is 1. The number of hydrogen-bond donors (Lipinski definition) is 1. The van der Waals surface area contributed by atoms with Crippen molar-refractivity contribution in [2.24, 2.45) is 0 Å². The van der Waals surface area contributed by atoms with Crippen LogP contribution in [0.4, 0.5) is 0 Å². The number of hydrogen-bond acceptors (Lipinski definition) is 4. The fourth-order valence-electron chi connectivity index (χ4n) is 1.32. The van der Waals surface area contributed by atoms with E-state index in [1.165, 1.54) is 0 Å². The van der Waals surface area contributed by atoms with E-state index in [1.54, 1.807) is 18.9 Å². The van der Waals surface area contributed by atoms with E-state index in [0.717, 1.165) is 5.75 Å². The van der Waals surface area contributed by atoms with Gasteiger partial charge >= 0.3 is 0 Å². The molecule has 10 heavy (non-hydrogen) atoms. The van der Waals surface area contributed by atoms with Crippen molar-refractivity contribution in [1.29, 1.82) is 0 Å². The molecule has 2 aliphatic rings. The number of rotatable bonds is 1. The van der Waals surface area contributed by atoms with Gasteiger partial charge in [-0.25, -0.2) is 0 Å². The minimum absolute atomic E-state index is 0.241. The van der Waals surface area contributed by atoms with Gasteiger partial charge in [0.25, 0.3) is 0 Å². The molecule has 0 bridgehead atoms. The van der Waals surface area contributed by atoms with Crippen molar-refractivity contribution in [3.8, 4) is 0 Å². The summed E-state index contributed by atoms with van der Waals surface area (Å²) in [6.07, 6.45) is -0.566. The van der Waals surface area contributed by atoms with Crippen molar-refractivity contribution in [3.63, 3.8) is 0 Å². The Morgan fingerprint density at radius 1 is 1.70 bits per heavy atom. The summed E-state index contributed by atoms with van der Waals surface area (Å²) < 4.78 is 10.2. The number of aliphatic hydroxyl groups is 1. The lowest BCUT2D eigenvalue weighted by molar-refractivity contribution is -0.144. The van der Waals surface area contributed by atoms with Gasteiger partial charge in [0, 0.05) is 12.9 Å². The Morgan fingerprint density at radius 3 is 2.80 bits per heavy atom. The van der Waals surface area contributed by atoms with Gasteiger partial charge in [-0.05, 0) is 0 Å². The molecule has 0 aromatic carbocycles. The fraction of sp³-hybridized carbons (Fsp3) is 1.00. The second-order valence-electron chi connectivity index (χ2n) is 2.57. The molecule has 0 aliphatic carbocycles. The van der Waals surface area contributed by atoms with Crippen molar-refractivity contribution in [2.75, 3.05) is 12.9 Å². The first-order valence-electron chi connectivity index (χ1n) is 3.31. The third-order valence-corrected chi connectivity index (χ3v) is 3.46. The van der Waals surface area contributed by atoms with E-state index < -0.39 is 6.10 Å². The lowest BCUT2D eigenvalue weighted by Crippen LogP contribution is -2.38. The molecule has 1 unspecified atom stereocenters. The normalized spacial score (nSPS) is 52.2. The SMILES string of the molecule is COC1O[C@@H]2CS[C@@H]2[C@H]1O. The van der Waals surface area contributed by atoms with E-state index in [2.05, 4.69) is 0 Å². The molecule has 0 spiro atoms. The highest BCUT2D eigenvalue weighted by Crippen LogP contribution is 2.41. The van der Waals surface area contributed by atoms with Gasteiger partial charge in [-0.15, -0.1) is 0 Å². The second kappa shape index (κ2) is 2.37. The van der Waals surface area contributed by atoms with Crippen molar-refractivity contribution >= 4 is 11.8 Å². The molecule has 2 rings (SSSR count). The quantitative estimate of drug-likeness (QED) is 0.581. The Bertz CT molecular complexity index is 141. The minimum Gasteiger partial charge on any atom is -0.387 e. The van der Waals surface area contributed by atoms with Crippen LogP contribution < -0.4 is 0 Å². The van der Waals surface area contributed by atoms with Crippen LogP contribution in [0.1, 0.15) is 0 Å². The monoisotopic (exact) mass is 162 g/mol. The highest BCUT2D eigenvalue weighted by Gasteiger charge is 2.49. The van der Waals surface area contributed by atoms with Gasteiger partial charge in [-0.2, -0.15) is 11.8 Å². The smallest absolute Gasteiger partial charge is 0.184 e. The topological polar surface area (TPSA) is 38.7 Å². The molecule has 1 N–H and O–H groups in total. The summed E-state index contributed by atoms with van der Waals surface area (Å²) >= 11 is 1.75. The maximum absolute atomic E-state index is 9.41. The fourth-order valence-corrected chi connectivity index (χ4v) is 2.36. The van der Waals surface area contributed by atoms with Crippen molar-refractivity contribution < 1.29 is 14.6 Å². The number of fused-ring (bicyclic) bond motifs is 1. The highest BCUT2D eigenvalue weighted by atomic mass is 32.2.